The molecular formula is C10H25N. The third-order valence-electron chi connectivity index (χ3n) is 1.35. The molecule has 0 atom stereocenters. The van der Waals surface area contributed by atoms with E-state index >= 15 is 0 Å². The van der Waals surface area contributed by atoms with Crippen LogP contribution >= 0.6 is 0 Å². The summed E-state index contributed by atoms with van der Waals surface area (Å²) in [7, 11) is 0. The van der Waals surface area contributed by atoms with Crippen molar-refractivity contribution in [1.29, 1.82) is 0 Å². The Kier molecular flexibility index (Phi) is 20.3. The first-order valence-electron chi connectivity index (χ1n) is 5.04. The molecule has 0 aromatic heterocycles. The van der Waals surface area contributed by atoms with Crippen molar-refractivity contribution in [1.82, 2.24) is 5.32 Å². The molecule has 0 radical (unpaired) electrons. The number of hydrogen-bond acceptors (Lipinski definition) is 1. The molecule has 0 aromatic carbocycles. The van der Waals surface area contributed by atoms with Crippen molar-refractivity contribution >= 4 is 0 Å². The highest BCUT2D eigenvalue weighted by atomic mass is 14.8. The summed E-state index contributed by atoms with van der Waals surface area (Å²) in [5.74, 6) is 0. The third kappa shape index (κ3) is 25.7. The lowest BCUT2D eigenvalue weighted by molar-refractivity contribution is 0.662. The molecule has 0 heterocycles. The lowest BCUT2D eigenvalue weighted by atomic mass is 10.4. The van der Waals surface area contributed by atoms with E-state index in [4.69, 9.17) is 0 Å². The first kappa shape index (κ1) is 13.5. The van der Waals surface area contributed by atoms with Crippen LogP contribution in [-0.4, -0.2) is 13.1 Å². The largest absolute Gasteiger partial charge is 0.317 e. The van der Waals surface area contributed by atoms with Gasteiger partial charge in [-0.25, -0.2) is 0 Å². The lowest BCUT2D eigenvalue weighted by Gasteiger charge is -1.95. The van der Waals surface area contributed by atoms with Crippen LogP contribution in [0.1, 0.15) is 53.4 Å². The molecule has 0 saturated carbocycles. The monoisotopic (exact) mass is 159 g/mol. The van der Waals surface area contributed by atoms with Crippen LogP contribution < -0.4 is 5.32 Å². The van der Waals surface area contributed by atoms with Crippen molar-refractivity contribution in [3.8, 4) is 0 Å². The van der Waals surface area contributed by atoms with E-state index in [9.17, 15) is 0 Å². The lowest BCUT2D eigenvalue weighted by Crippen LogP contribution is -2.14. The minimum atomic E-state index is 1.17. The molecule has 1 heteroatoms. The highest BCUT2D eigenvalue weighted by Crippen LogP contribution is 1.76. The Bertz CT molecular complexity index is 38.1. The fourth-order valence-corrected chi connectivity index (χ4v) is 0.479. The molecule has 1 N–H and O–H groups in total. The van der Waals surface area contributed by atoms with E-state index in [0.29, 0.717) is 0 Å². The van der Waals surface area contributed by atoms with E-state index in [1.165, 1.54) is 38.8 Å². The van der Waals surface area contributed by atoms with E-state index in [2.05, 4.69) is 33.0 Å². The van der Waals surface area contributed by atoms with Gasteiger partial charge in [-0.15, -0.1) is 0 Å². The molecule has 0 aliphatic carbocycles. The SMILES string of the molecule is CCCC.CCCNCCC. The van der Waals surface area contributed by atoms with Crippen molar-refractivity contribution < 1.29 is 0 Å². The Morgan fingerprint density at radius 3 is 1.18 bits per heavy atom. The molecule has 1 nitrogen and oxygen atoms in total. The standard InChI is InChI=1S/C6H15N.C4H10/c1-3-5-7-6-4-2;1-3-4-2/h7H,3-6H2,1-2H3;3-4H2,1-2H3. The molecular weight excluding hydrogens is 134 g/mol. The second kappa shape index (κ2) is 16.5. The normalized spacial score (nSPS) is 8.73. The van der Waals surface area contributed by atoms with Gasteiger partial charge >= 0.3 is 0 Å². The van der Waals surface area contributed by atoms with Crippen molar-refractivity contribution in [3.05, 3.63) is 0 Å². The van der Waals surface area contributed by atoms with Gasteiger partial charge in [0.1, 0.15) is 0 Å². The van der Waals surface area contributed by atoms with Gasteiger partial charge in [0.25, 0.3) is 0 Å². The number of rotatable bonds is 5. The van der Waals surface area contributed by atoms with Crippen molar-refractivity contribution in [2.75, 3.05) is 13.1 Å². The Hall–Kier alpha value is -0.0400. The fraction of sp³-hybridized carbons (Fsp3) is 1.00. The van der Waals surface area contributed by atoms with Crippen molar-refractivity contribution in [2.45, 2.75) is 53.4 Å². The van der Waals surface area contributed by atoms with E-state index in [-0.39, 0.29) is 0 Å². The molecule has 0 rings (SSSR count). The molecule has 0 fully saturated rings. The van der Waals surface area contributed by atoms with Crippen LogP contribution in [0.25, 0.3) is 0 Å². The zero-order valence-electron chi connectivity index (χ0n) is 8.74. The maximum absolute atomic E-state index is 3.28. The van der Waals surface area contributed by atoms with Gasteiger partial charge in [0.2, 0.25) is 0 Å². The van der Waals surface area contributed by atoms with Gasteiger partial charge in [-0.3, -0.25) is 0 Å². The minimum Gasteiger partial charge on any atom is -0.317 e. The molecule has 70 valence electrons. The van der Waals surface area contributed by atoms with Gasteiger partial charge in [-0.1, -0.05) is 40.5 Å². The maximum Gasteiger partial charge on any atom is -0.00516 e. The summed E-state index contributed by atoms with van der Waals surface area (Å²) < 4.78 is 0. The highest BCUT2D eigenvalue weighted by Gasteiger charge is 1.76. The average molecular weight is 159 g/mol. The van der Waals surface area contributed by atoms with Crippen LogP contribution in [0.2, 0.25) is 0 Å². The average Bonchev–Trinajstić information content (AvgIpc) is 2.06. The highest BCUT2D eigenvalue weighted by molar-refractivity contribution is 4.39. The van der Waals surface area contributed by atoms with Gasteiger partial charge in [-0.05, 0) is 25.9 Å². The third-order valence-corrected chi connectivity index (χ3v) is 1.35. The second-order valence-electron chi connectivity index (χ2n) is 2.75. The number of nitrogens with one attached hydrogen (secondary N) is 1. The number of unbranched alkanes of at least 4 members (excludes halogenated alkanes) is 1. The van der Waals surface area contributed by atoms with Crippen LogP contribution in [-0.2, 0) is 0 Å². The summed E-state index contributed by atoms with van der Waals surface area (Å²) in [4.78, 5) is 0. The Morgan fingerprint density at radius 1 is 0.636 bits per heavy atom. The van der Waals surface area contributed by atoms with E-state index in [1.807, 2.05) is 0 Å². The summed E-state index contributed by atoms with van der Waals surface area (Å²) in [6, 6.07) is 0. The van der Waals surface area contributed by atoms with Gasteiger partial charge in [-0.2, -0.15) is 0 Å². The molecule has 0 aromatic rings. The van der Waals surface area contributed by atoms with E-state index in [1.54, 1.807) is 0 Å². The van der Waals surface area contributed by atoms with Crippen LogP contribution in [0.3, 0.4) is 0 Å². The first-order valence-corrected chi connectivity index (χ1v) is 5.04. The molecule has 0 bridgehead atoms. The van der Waals surface area contributed by atoms with Gasteiger partial charge in [0, 0.05) is 0 Å². The summed E-state index contributed by atoms with van der Waals surface area (Å²) in [5.41, 5.74) is 0. The smallest absolute Gasteiger partial charge is 0.00516 e. The first-order chi connectivity index (χ1) is 5.33. The molecule has 0 unspecified atom stereocenters. The summed E-state index contributed by atoms with van der Waals surface area (Å²) in [6.07, 6.45) is 5.14. The zero-order chi connectivity index (χ0) is 8.95. The van der Waals surface area contributed by atoms with Crippen LogP contribution in [0.5, 0.6) is 0 Å². The van der Waals surface area contributed by atoms with Crippen LogP contribution in [0, 0.1) is 0 Å². The van der Waals surface area contributed by atoms with Crippen LogP contribution in [0.4, 0.5) is 0 Å². The Labute approximate surface area is 72.6 Å². The van der Waals surface area contributed by atoms with Gasteiger partial charge in [0.15, 0.2) is 0 Å². The van der Waals surface area contributed by atoms with Crippen molar-refractivity contribution in [2.24, 2.45) is 0 Å². The van der Waals surface area contributed by atoms with Gasteiger partial charge < -0.3 is 5.32 Å². The summed E-state index contributed by atoms with van der Waals surface area (Å²) >= 11 is 0. The van der Waals surface area contributed by atoms with Gasteiger partial charge in [0.05, 0.1) is 0 Å². The molecule has 0 spiro atoms. The summed E-state index contributed by atoms with van der Waals surface area (Å²) in [6.45, 7) is 11.1. The Morgan fingerprint density at radius 2 is 1.00 bits per heavy atom. The topological polar surface area (TPSA) is 12.0 Å². The molecule has 11 heavy (non-hydrogen) atoms. The minimum absolute atomic E-state index is 1.17. The van der Waals surface area contributed by atoms with Crippen LogP contribution in [0.15, 0.2) is 0 Å². The molecule has 0 saturated heterocycles. The van der Waals surface area contributed by atoms with E-state index in [0.717, 1.165) is 0 Å². The Balaban J connectivity index is 0. The summed E-state index contributed by atoms with van der Waals surface area (Å²) in [5, 5.41) is 3.28. The van der Waals surface area contributed by atoms with Crippen molar-refractivity contribution in [3.63, 3.8) is 0 Å². The zero-order valence-corrected chi connectivity index (χ0v) is 8.74. The maximum atomic E-state index is 3.28. The molecule has 0 amide bonds. The quantitative estimate of drug-likeness (QED) is 0.607. The number of hydrogen-bond donors (Lipinski definition) is 1. The predicted molar refractivity (Wildman–Crippen MR) is 54.0 cm³/mol. The fourth-order valence-electron chi connectivity index (χ4n) is 0.479. The molecule has 0 aliphatic heterocycles. The van der Waals surface area contributed by atoms with E-state index < -0.39 is 0 Å². The molecule has 0 aliphatic rings. The second-order valence-corrected chi connectivity index (χ2v) is 2.75. The predicted octanol–water partition coefficient (Wildman–Crippen LogP) is 3.20.